The highest BCUT2D eigenvalue weighted by molar-refractivity contribution is 9.10. The second kappa shape index (κ2) is 3.92. The number of rotatable bonds is 1. The van der Waals surface area contributed by atoms with Crippen molar-refractivity contribution >= 4 is 21.9 Å². The van der Waals surface area contributed by atoms with Crippen LogP contribution in [0, 0.1) is 13.8 Å². The molecule has 0 heterocycles. The lowest BCUT2D eigenvalue weighted by molar-refractivity contribution is 0.0599. The molecule has 1 rings (SSSR count). The largest absolute Gasteiger partial charge is 0.465 e. The third kappa shape index (κ3) is 2.10. The number of esters is 1. The average molecular weight is 243 g/mol. The van der Waals surface area contributed by atoms with Gasteiger partial charge in [0.15, 0.2) is 0 Å². The number of benzene rings is 1. The fourth-order valence-corrected chi connectivity index (χ4v) is 1.71. The lowest BCUT2D eigenvalue weighted by Crippen LogP contribution is -2.04. The summed E-state index contributed by atoms with van der Waals surface area (Å²) in [6.07, 6.45) is 0. The summed E-state index contributed by atoms with van der Waals surface area (Å²) < 4.78 is 5.61. The minimum absolute atomic E-state index is 0.290. The van der Waals surface area contributed by atoms with E-state index < -0.39 is 0 Å². The summed E-state index contributed by atoms with van der Waals surface area (Å²) in [4.78, 5) is 11.3. The van der Waals surface area contributed by atoms with Crippen LogP contribution in [0.25, 0.3) is 0 Å². The van der Waals surface area contributed by atoms with Crippen molar-refractivity contribution < 1.29 is 9.53 Å². The lowest BCUT2D eigenvalue weighted by Gasteiger charge is -2.06. The van der Waals surface area contributed by atoms with Crippen LogP contribution in [0.3, 0.4) is 0 Å². The van der Waals surface area contributed by atoms with Crippen molar-refractivity contribution in [1.82, 2.24) is 0 Å². The smallest absolute Gasteiger partial charge is 0.338 e. The van der Waals surface area contributed by atoms with E-state index in [0.717, 1.165) is 15.6 Å². The van der Waals surface area contributed by atoms with E-state index in [-0.39, 0.29) is 5.97 Å². The molecular formula is C10H11BrO2. The minimum Gasteiger partial charge on any atom is -0.465 e. The number of carbonyl (C=O) groups is 1. The van der Waals surface area contributed by atoms with Crippen LogP contribution in [0.1, 0.15) is 21.5 Å². The second-order valence-electron chi connectivity index (χ2n) is 2.91. The fourth-order valence-electron chi connectivity index (χ4n) is 1.14. The summed E-state index contributed by atoms with van der Waals surface area (Å²) in [5, 5.41) is 0. The summed E-state index contributed by atoms with van der Waals surface area (Å²) in [7, 11) is 1.39. The normalized spacial score (nSPS) is 9.85. The van der Waals surface area contributed by atoms with Gasteiger partial charge in [0.25, 0.3) is 0 Å². The number of ether oxygens (including phenoxy) is 1. The Hall–Kier alpha value is -0.830. The Balaban J connectivity index is 3.28. The molecule has 13 heavy (non-hydrogen) atoms. The molecule has 0 amide bonds. The van der Waals surface area contributed by atoms with Gasteiger partial charge in [0.1, 0.15) is 0 Å². The van der Waals surface area contributed by atoms with Crippen LogP contribution in [-0.2, 0) is 4.74 Å². The van der Waals surface area contributed by atoms with E-state index >= 15 is 0 Å². The predicted octanol–water partition coefficient (Wildman–Crippen LogP) is 2.85. The van der Waals surface area contributed by atoms with Gasteiger partial charge in [-0.1, -0.05) is 15.9 Å². The molecule has 70 valence electrons. The second-order valence-corrected chi connectivity index (χ2v) is 3.77. The minimum atomic E-state index is -0.290. The van der Waals surface area contributed by atoms with Gasteiger partial charge in [0, 0.05) is 4.47 Å². The van der Waals surface area contributed by atoms with Crippen LogP contribution in [0.2, 0.25) is 0 Å². The van der Waals surface area contributed by atoms with Crippen molar-refractivity contribution in [3.8, 4) is 0 Å². The zero-order chi connectivity index (χ0) is 10.0. The first-order chi connectivity index (χ1) is 6.06. The first kappa shape index (κ1) is 10.3. The Bertz CT molecular complexity index is 345. The number of carbonyl (C=O) groups excluding carboxylic acids is 1. The third-order valence-corrected chi connectivity index (χ3v) is 2.72. The number of aryl methyl sites for hydroxylation is 1. The lowest BCUT2D eigenvalue weighted by atomic mass is 10.1. The van der Waals surface area contributed by atoms with Crippen LogP contribution in [-0.4, -0.2) is 13.1 Å². The molecule has 0 N–H and O–H groups in total. The van der Waals surface area contributed by atoms with Crippen LogP contribution in [0.4, 0.5) is 0 Å². The molecule has 0 bridgehead atoms. The summed E-state index contributed by atoms with van der Waals surface area (Å²) >= 11 is 3.39. The monoisotopic (exact) mass is 242 g/mol. The van der Waals surface area contributed by atoms with Crippen molar-refractivity contribution in [3.05, 3.63) is 33.3 Å². The van der Waals surface area contributed by atoms with Crippen molar-refractivity contribution in [2.24, 2.45) is 0 Å². The molecule has 1 aromatic rings. The topological polar surface area (TPSA) is 26.3 Å². The summed E-state index contributed by atoms with van der Waals surface area (Å²) in [5.74, 6) is -0.290. The molecule has 1 aromatic carbocycles. The fraction of sp³-hybridized carbons (Fsp3) is 0.300. The molecule has 0 aliphatic heterocycles. The average Bonchev–Trinajstić information content (AvgIpc) is 2.10. The van der Waals surface area contributed by atoms with E-state index in [1.807, 2.05) is 26.0 Å². The van der Waals surface area contributed by atoms with E-state index in [2.05, 4.69) is 20.7 Å². The molecule has 0 aromatic heterocycles. The first-order valence-electron chi connectivity index (χ1n) is 3.91. The summed E-state index contributed by atoms with van der Waals surface area (Å²) in [5.41, 5.74) is 2.57. The molecule has 0 radical (unpaired) electrons. The highest BCUT2D eigenvalue weighted by Crippen LogP contribution is 2.22. The standard InChI is InChI=1S/C10H11BrO2/c1-6-4-8(10(12)13-3)7(2)9(11)5-6/h4-5H,1-3H3. The van der Waals surface area contributed by atoms with Crippen molar-refractivity contribution in [3.63, 3.8) is 0 Å². The quantitative estimate of drug-likeness (QED) is 0.709. The number of hydrogen-bond acceptors (Lipinski definition) is 2. The van der Waals surface area contributed by atoms with Crippen LogP contribution < -0.4 is 0 Å². The SMILES string of the molecule is COC(=O)c1cc(C)cc(Br)c1C. The Kier molecular flexibility index (Phi) is 3.09. The Morgan fingerprint density at radius 3 is 2.54 bits per heavy atom. The zero-order valence-electron chi connectivity index (χ0n) is 7.85. The molecule has 3 heteroatoms. The Labute approximate surface area is 86.0 Å². The Morgan fingerprint density at radius 1 is 1.38 bits per heavy atom. The van der Waals surface area contributed by atoms with Gasteiger partial charge in [-0.25, -0.2) is 4.79 Å². The molecule has 0 aliphatic carbocycles. The van der Waals surface area contributed by atoms with Gasteiger partial charge >= 0.3 is 5.97 Å². The number of halogens is 1. The molecule has 0 atom stereocenters. The van der Waals surface area contributed by atoms with Crippen LogP contribution in [0.15, 0.2) is 16.6 Å². The van der Waals surface area contributed by atoms with Crippen molar-refractivity contribution in [2.45, 2.75) is 13.8 Å². The molecule has 0 fully saturated rings. The molecular weight excluding hydrogens is 232 g/mol. The van der Waals surface area contributed by atoms with Gasteiger partial charge in [0.2, 0.25) is 0 Å². The summed E-state index contributed by atoms with van der Waals surface area (Å²) in [6, 6.07) is 3.80. The third-order valence-electron chi connectivity index (χ3n) is 1.89. The molecule has 0 aliphatic rings. The molecule has 0 unspecified atom stereocenters. The Morgan fingerprint density at radius 2 is 2.00 bits per heavy atom. The molecule has 0 saturated carbocycles. The van der Waals surface area contributed by atoms with Crippen molar-refractivity contribution in [1.29, 1.82) is 0 Å². The van der Waals surface area contributed by atoms with Gasteiger partial charge in [-0.15, -0.1) is 0 Å². The highest BCUT2D eigenvalue weighted by Gasteiger charge is 2.11. The first-order valence-corrected chi connectivity index (χ1v) is 4.70. The van der Waals surface area contributed by atoms with Gasteiger partial charge in [-0.2, -0.15) is 0 Å². The van der Waals surface area contributed by atoms with Crippen LogP contribution in [0.5, 0.6) is 0 Å². The van der Waals surface area contributed by atoms with Gasteiger partial charge in [0.05, 0.1) is 12.7 Å². The maximum Gasteiger partial charge on any atom is 0.338 e. The molecule has 0 spiro atoms. The van der Waals surface area contributed by atoms with Gasteiger partial charge < -0.3 is 4.74 Å². The van der Waals surface area contributed by atoms with Crippen molar-refractivity contribution in [2.75, 3.05) is 7.11 Å². The predicted molar refractivity (Wildman–Crippen MR) is 55.0 cm³/mol. The zero-order valence-corrected chi connectivity index (χ0v) is 9.44. The summed E-state index contributed by atoms with van der Waals surface area (Å²) in [6.45, 7) is 3.83. The van der Waals surface area contributed by atoms with Gasteiger partial charge in [-0.05, 0) is 37.1 Å². The van der Waals surface area contributed by atoms with E-state index in [1.54, 1.807) is 0 Å². The van der Waals surface area contributed by atoms with E-state index in [0.29, 0.717) is 5.56 Å². The molecule has 0 saturated heterocycles. The van der Waals surface area contributed by atoms with E-state index in [4.69, 9.17) is 0 Å². The molecule has 2 nitrogen and oxygen atoms in total. The number of hydrogen-bond donors (Lipinski definition) is 0. The van der Waals surface area contributed by atoms with E-state index in [1.165, 1.54) is 7.11 Å². The highest BCUT2D eigenvalue weighted by atomic mass is 79.9. The van der Waals surface area contributed by atoms with Gasteiger partial charge in [-0.3, -0.25) is 0 Å². The maximum absolute atomic E-state index is 11.3. The number of methoxy groups -OCH3 is 1. The van der Waals surface area contributed by atoms with Crippen LogP contribution >= 0.6 is 15.9 Å². The maximum atomic E-state index is 11.3. The van der Waals surface area contributed by atoms with E-state index in [9.17, 15) is 4.79 Å².